The standard InChI is InChI=1S/C24H32N4O2S/c1-4-5-15-30-16-9-13-25-22(29)12-14-28(3)23-20-17-21(19-10-7-6-8-11-19)31-24(20)27-18(2)26-23/h6-8,10-11,17H,4-5,9,12-16H2,1-3H3,(H,25,29). The molecule has 2 heterocycles. The number of thiophene rings is 1. The second-order valence-electron chi connectivity index (χ2n) is 7.63. The molecule has 7 heteroatoms. The van der Waals surface area contributed by atoms with Crippen LogP contribution in [0.2, 0.25) is 0 Å². The maximum absolute atomic E-state index is 12.2. The van der Waals surface area contributed by atoms with Crippen LogP contribution in [0, 0.1) is 6.92 Å². The van der Waals surface area contributed by atoms with Gasteiger partial charge in [0.25, 0.3) is 0 Å². The van der Waals surface area contributed by atoms with Gasteiger partial charge in [0, 0.05) is 44.6 Å². The van der Waals surface area contributed by atoms with Crippen LogP contribution in [0.15, 0.2) is 36.4 Å². The minimum atomic E-state index is 0.0534. The van der Waals surface area contributed by atoms with Crippen LogP contribution in [0.3, 0.4) is 0 Å². The number of unbranched alkanes of at least 4 members (excludes halogenated alkanes) is 1. The highest BCUT2D eigenvalue weighted by molar-refractivity contribution is 7.21. The van der Waals surface area contributed by atoms with Gasteiger partial charge in [-0.05, 0) is 31.4 Å². The smallest absolute Gasteiger partial charge is 0.221 e. The van der Waals surface area contributed by atoms with E-state index in [2.05, 4.69) is 40.4 Å². The molecule has 0 spiro atoms. The van der Waals surface area contributed by atoms with E-state index in [1.54, 1.807) is 11.3 Å². The third-order valence-electron chi connectivity index (χ3n) is 5.01. The lowest BCUT2D eigenvalue weighted by Gasteiger charge is -2.19. The number of amides is 1. The lowest BCUT2D eigenvalue weighted by molar-refractivity contribution is -0.120. The molecule has 0 saturated heterocycles. The van der Waals surface area contributed by atoms with E-state index in [9.17, 15) is 4.79 Å². The fourth-order valence-electron chi connectivity index (χ4n) is 3.26. The first kappa shape index (κ1) is 23.2. The maximum atomic E-state index is 12.2. The number of nitrogens with zero attached hydrogens (tertiary/aromatic N) is 3. The van der Waals surface area contributed by atoms with Gasteiger partial charge in [-0.3, -0.25) is 4.79 Å². The second-order valence-corrected chi connectivity index (χ2v) is 8.66. The predicted octanol–water partition coefficient (Wildman–Crippen LogP) is 4.82. The van der Waals surface area contributed by atoms with Crippen LogP contribution in [0.4, 0.5) is 5.82 Å². The molecule has 31 heavy (non-hydrogen) atoms. The average Bonchev–Trinajstić information content (AvgIpc) is 3.21. The van der Waals surface area contributed by atoms with Gasteiger partial charge < -0.3 is 15.0 Å². The van der Waals surface area contributed by atoms with Crippen LogP contribution in [0.25, 0.3) is 20.7 Å². The molecule has 0 aliphatic carbocycles. The summed E-state index contributed by atoms with van der Waals surface area (Å²) in [6, 6.07) is 12.5. The predicted molar refractivity (Wildman–Crippen MR) is 129 cm³/mol. The van der Waals surface area contributed by atoms with Crippen molar-refractivity contribution in [2.45, 2.75) is 39.5 Å². The highest BCUT2D eigenvalue weighted by Gasteiger charge is 2.15. The Balaban J connectivity index is 1.56. The minimum absolute atomic E-state index is 0.0534. The normalized spacial score (nSPS) is 11.1. The summed E-state index contributed by atoms with van der Waals surface area (Å²) in [7, 11) is 1.98. The first-order valence-electron chi connectivity index (χ1n) is 11.0. The Bertz CT molecular complexity index is 974. The van der Waals surface area contributed by atoms with Gasteiger partial charge in [-0.25, -0.2) is 9.97 Å². The lowest BCUT2D eigenvalue weighted by Crippen LogP contribution is -2.30. The van der Waals surface area contributed by atoms with Crippen LogP contribution >= 0.6 is 11.3 Å². The Morgan fingerprint density at radius 1 is 1.16 bits per heavy atom. The van der Waals surface area contributed by atoms with Crippen LogP contribution in [-0.2, 0) is 9.53 Å². The molecular weight excluding hydrogens is 408 g/mol. The van der Waals surface area contributed by atoms with Crippen LogP contribution in [0.1, 0.15) is 38.4 Å². The van der Waals surface area contributed by atoms with Crippen molar-refractivity contribution in [3.05, 3.63) is 42.2 Å². The van der Waals surface area contributed by atoms with Crippen molar-refractivity contribution in [3.8, 4) is 10.4 Å². The molecule has 1 amide bonds. The molecule has 0 radical (unpaired) electrons. The molecule has 0 bridgehead atoms. The fraction of sp³-hybridized carbons (Fsp3) is 0.458. The number of fused-ring (bicyclic) bond motifs is 1. The number of anilines is 1. The van der Waals surface area contributed by atoms with Crippen molar-refractivity contribution in [1.82, 2.24) is 15.3 Å². The summed E-state index contributed by atoms with van der Waals surface area (Å²) in [6.45, 7) is 6.80. The zero-order valence-electron chi connectivity index (χ0n) is 18.7. The zero-order chi connectivity index (χ0) is 22.1. The Kier molecular flexibility index (Phi) is 8.79. The largest absolute Gasteiger partial charge is 0.381 e. The molecule has 6 nitrogen and oxygen atoms in total. The Hall–Kier alpha value is -2.51. The van der Waals surface area contributed by atoms with Gasteiger partial charge in [0.05, 0.1) is 5.39 Å². The monoisotopic (exact) mass is 440 g/mol. The summed E-state index contributed by atoms with van der Waals surface area (Å²) < 4.78 is 5.53. The molecule has 1 N–H and O–H groups in total. The number of nitrogens with one attached hydrogen (secondary N) is 1. The molecule has 0 aliphatic rings. The van der Waals surface area contributed by atoms with Crippen LogP contribution in [-0.4, -0.2) is 49.2 Å². The van der Waals surface area contributed by atoms with Gasteiger partial charge in [0.15, 0.2) is 0 Å². The van der Waals surface area contributed by atoms with Crippen LogP contribution < -0.4 is 10.2 Å². The lowest BCUT2D eigenvalue weighted by atomic mass is 10.2. The molecule has 0 aliphatic heterocycles. The topological polar surface area (TPSA) is 67.3 Å². The summed E-state index contributed by atoms with van der Waals surface area (Å²) in [4.78, 5) is 25.7. The summed E-state index contributed by atoms with van der Waals surface area (Å²) in [5.74, 6) is 1.67. The first-order chi connectivity index (χ1) is 15.1. The number of hydrogen-bond donors (Lipinski definition) is 1. The Morgan fingerprint density at radius 2 is 1.94 bits per heavy atom. The second kappa shape index (κ2) is 11.8. The average molecular weight is 441 g/mol. The molecule has 0 fully saturated rings. The maximum Gasteiger partial charge on any atom is 0.221 e. The van der Waals surface area contributed by atoms with Gasteiger partial charge in [-0.2, -0.15) is 0 Å². The Morgan fingerprint density at radius 3 is 2.71 bits per heavy atom. The zero-order valence-corrected chi connectivity index (χ0v) is 19.5. The van der Waals surface area contributed by atoms with E-state index in [0.717, 1.165) is 47.7 Å². The van der Waals surface area contributed by atoms with E-state index in [1.807, 2.05) is 37.1 Å². The number of hydrogen-bond acceptors (Lipinski definition) is 6. The van der Waals surface area contributed by atoms with E-state index in [4.69, 9.17) is 4.74 Å². The highest BCUT2D eigenvalue weighted by atomic mass is 32.1. The molecule has 166 valence electrons. The van der Waals surface area contributed by atoms with Crippen molar-refractivity contribution in [3.63, 3.8) is 0 Å². The van der Waals surface area contributed by atoms with Gasteiger partial charge in [0.1, 0.15) is 16.5 Å². The molecule has 3 aromatic rings. The fourth-order valence-corrected chi connectivity index (χ4v) is 4.34. The van der Waals surface area contributed by atoms with Gasteiger partial charge in [-0.15, -0.1) is 11.3 Å². The number of rotatable bonds is 12. The first-order valence-corrected chi connectivity index (χ1v) is 11.8. The highest BCUT2D eigenvalue weighted by Crippen LogP contribution is 2.36. The van der Waals surface area contributed by atoms with E-state index < -0.39 is 0 Å². The van der Waals surface area contributed by atoms with Crippen molar-refractivity contribution in [2.75, 3.05) is 38.3 Å². The Labute approximate surface area is 188 Å². The third kappa shape index (κ3) is 6.74. The van der Waals surface area contributed by atoms with Crippen molar-refractivity contribution in [2.24, 2.45) is 0 Å². The summed E-state index contributed by atoms with van der Waals surface area (Å²) in [5.41, 5.74) is 1.18. The van der Waals surface area contributed by atoms with Crippen molar-refractivity contribution in [1.29, 1.82) is 0 Å². The van der Waals surface area contributed by atoms with Gasteiger partial charge >= 0.3 is 0 Å². The van der Waals surface area contributed by atoms with E-state index in [-0.39, 0.29) is 5.91 Å². The van der Waals surface area contributed by atoms with E-state index in [1.165, 1.54) is 10.4 Å². The number of ether oxygens (including phenoxy) is 1. The summed E-state index contributed by atoms with van der Waals surface area (Å²) in [6.07, 6.45) is 3.49. The summed E-state index contributed by atoms with van der Waals surface area (Å²) >= 11 is 1.67. The number of carbonyl (C=O) groups excluding carboxylic acids is 1. The molecule has 0 saturated carbocycles. The molecule has 2 aromatic heterocycles. The minimum Gasteiger partial charge on any atom is -0.381 e. The van der Waals surface area contributed by atoms with Crippen LogP contribution in [0.5, 0.6) is 0 Å². The third-order valence-corrected chi connectivity index (χ3v) is 6.09. The SMILES string of the molecule is CCCCOCCCNC(=O)CCN(C)c1nc(C)nc2sc(-c3ccccc3)cc12. The number of aryl methyl sites for hydroxylation is 1. The van der Waals surface area contributed by atoms with Crippen molar-refractivity contribution < 1.29 is 9.53 Å². The molecule has 0 atom stereocenters. The summed E-state index contributed by atoms with van der Waals surface area (Å²) in [5, 5.41) is 4.01. The quantitative estimate of drug-likeness (QED) is 0.409. The number of aromatic nitrogens is 2. The van der Waals surface area contributed by atoms with Gasteiger partial charge in [0.2, 0.25) is 5.91 Å². The van der Waals surface area contributed by atoms with E-state index in [0.29, 0.717) is 26.1 Å². The van der Waals surface area contributed by atoms with E-state index >= 15 is 0 Å². The van der Waals surface area contributed by atoms with Crippen molar-refractivity contribution >= 4 is 33.3 Å². The number of carbonyl (C=O) groups is 1. The molecule has 3 rings (SSSR count). The number of benzene rings is 1. The molecule has 0 unspecified atom stereocenters. The molecule has 1 aromatic carbocycles. The molecular formula is C24H32N4O2S. The van der Waals surface area contributed by atoms with Gasteiger partial charge in [-0.1, -0.05) is 43.7 Å².